The van der Waals surface area contributed by atoms with Gasteiger partial charge in [-0.2, -0.15) is 26.3 Å². The first-order chi connectivity index (χ1) is 18.5. The van der Waals surface area contributed by atoms with Crippen LogP contribution in [0.2, 0.25) is 0 Å². The number of ether oxygens (including phenoxy) is 1. The average molecular weight is 548 g/mol. The molecular formula is C27H22F6N4O2. The first kappa shape index (κ1) is 26.5. The van der Waals surface area contributed by atoms with Crippen molar-refractivity contribution in [3.05, 3.63) is 65.9 Å². The zero-order valence-electron chi connectivity index (χ0n) is 20.4. The van der Waals surface area contributed by atoms with E-state index in [1.54, 1.807) is 24.4 Å². The highest BCUT2D eigenvalue weighted by Gasteiger charge is 2.38. The van der Waals surface area contributed by atoms with Gasteiger partial charge in [0.1, 0.15) is 11.6 Å². The van der Waals surface area contributed by atoms with Gasteiger partial charge in [0, 0.05) is 25.4 Å². The number of halogens is 6. The fraction of sp³-hybridized carbons (Fsp3) is 0.296. The Labute approximate surface area is 219 Å². The molecule has 5 rings (SSSR count). The van der Waals surface area contributed by atoms with Crippen LogP contribution in [0.4, 0.5) is 43.5 Å². The number of pyridine rings is 1. The third-order valence-electron chi connectivity index (χ3n) is 6.36. The summed E-state index contributed by atoms with van der Waals surface area (Å²) >= 11 is 0. The Bertz CT molecular complexity index is 1430. The molecule has 2 aliphatic heterocycles. The zero-order chi connectivity index (χ0) is 27.8. The van der Waals surface area contributed by atoms with E-state index in [9.17, 15) is 31.1 Å². The van der Waals surface area contributed by atoms with E-state index in [0.29, 0.717) is 11.6 Å². The van der Waals surface area contributed by atoms with Gasteiger partial charge in [0.15, 0.2) is 6.61 Å². The summed E-state index contributed by atoms with van der Waals surface area (Å²) in [7, 11) is 0. The van der Waals surface area contributed by atoms with E-state index in [1.807, 2.05) is 18.2 Å². The molecule has 3 heterocycles. The molecule has 0 unspecified atom stereocenters. The highest BCUT2D eigenvalue weighted by atomic mass is 19.4. The lowest BCUT2D eigenvalue weighted by atomic mass is 10.00. The van der Waals surface area contributed by atoms with Crippen LogP contribution in [0.15, 0.2) is 59.7 Å². The monoisotopic (exact) mass is 548 g/mol. The number of benzene rings is 2. The van der Waals surface area contributed by atoms with Gasteiger partial charge in [-0.05, 0) is 53.8 Å². The maximum Gasteiger partial charge on any atom is 0.422 e. The third kappa shape index (κ3) is 6.15. The van der Waals surface area contributed by atoms with Gasteiger partial charge in [0.2, 0.25) is 5.91 Å². The minimum atomic E-state index is -5.02. The molecule has 0 aliphatic carbocycles. The number of fused-ring (bicyclic) bond motifs is 1. The maximum atomic E-state index is 13.6. The van der Waals surface area contributed by atoms with E-state index >= 15 is 0 Å². The van der Waals surface area contributed by atoms with E-state index in [1.165, 1.54) is 0 Å². The molecule has 1 fully saturated rings. The van der Waals surface area contributed by atoms with E-state index in [2.05, 4.69) is 24.9 Å². The molecule has 0 spiro atoms. The highest BCUT2D eigenvalue weighted by molar-refractivity contribution is 6.17. The molecule has 1 saturated heterocycles. The van der Waals surface area contributed by atoms with Crippen molar-refractivity contribution in [2.75, 3.05) is 29.9 Å². The number of carbonyl (C=O) groups is 1. The molecular weight excluding hydrogens is 526 g/mol. The van der Waals surface area contributed by atoms with Crippen LogP contribution in [-0.2, 0) is 11.0 Å². The number of aromatic nitrogens is 1. The summed E-state index contributed by atoms with van der Waals surface area (Å²) in [6.07, 6.45) is -6.22. The molecule has 3 aromatic rings. The average Bonchev–Trinajstić information content (AvgIpc) is 3.37. The third-order valence-corrected chi connectivity index (χ3v) is 6.36. The molecule has 39 heavy (non-hydrogen) atoms. The largest absolute Gasteiger partial charge is 0.483 e. The van der Waals surface area contributed by atoms with Crippen LogP contribution in [0.1, 0.15) is 30.4 Å². The Balaban J connectivity index is 1.53. The smallest absolute Gasteiger partial charge is 0.422 e. The number of hydrogen-bond acceptors (Lipinski definition) is 5. The van der Waals surface area contributed by atoms with Crippen molar-refractivity contribution in [3.63, 3.8) is 0 Å². The molecule has 0 radical (unpaired) electrons. The molecule has 0 bridgehead atoms. The molecule has 1 amide bonds. The van der Waals surface area contributed by atoms with Crippen molar-refractivity contribution in [1.82, 2.24) is 4.98 Å². The van der Waals surface area contributed by atoms with Crippen molar-refractivity contribution >= 4 is 28.8 Å². The Hall–Kier alpha value is -4.09. The van der Waals surface area contributed by atoms with Crippen molar-refractivity contribution in [2.45, 2.75) is 31.6 Å². The summed E-state index contributed by atoms with van der Waals surface area (Å²) in [4.78, 5) is 23.6. The summed E-state index contributed by atoms with van der Waals surface area (Å²) in [5.41, 5.74) is 0.595. The quantitative estimate of drug-likeness (QED) is 0.358. The van der Waals surface area contributed by atoms with Gasteiger partial charge in [-0.15, -0.1) is 0 Å². The van der Waals surface area contributed by atoms with Crippen molar-refractivity contribution in [1.29, 1.82) is 0 Å². The summed E-state index contributed by atoms with van der Waals surface area (Å²) in [6.45, 7) is -0.0652. The Kier molecular flexibility index (Phi) is 6.96. The number of anilines is 2. The van der Waals surface area contributed by atoms with Gasteiger partial charge >= 0.3 is 12.4 Å². The molecule has 2 aliphatic rings. The second-order valence-electron chi connectivity index (χ2n) is 9.23. The molecule has 0 atom stereocenters. The maximum absolute atomic E-state index is 13.6. The van der Waals surface area contributed by atoms with Crippen molar-refractivity contribution in [3.8, 4) is 16.9 Å². The van der Waals surface area contributed by atoms with E-state index < -0.39 is 36.2 Å². The van der Waals surface area contributed by atoms with Gasteiger partial charge < -0.3 is 15.0 Å². The van der Waals surface area contributed by atoms with E-state index in [-0.39, 0.29) is 23.5 Å². The minimum absolute atomic E-state index is 0.147. The summed E-state index contributed by atoms with van der Waals surface area (Å²) < 4.78 is 83.4. The van der Waals surface area contributed by atoms with Crippen LogP contribution >= 0.6 is 0 Å². The lowest BCUT2D eigenvalue weighted by molar-refractivity contribution is -0.158. The fourth-order valence-electron chi connectivity index (χ4n) is 4.56. The highest BCUT2D eigenvalue weighted by Crippen LogP contribution is 2.43. The number of amides is 1. The SMILES string of the molecule is O=C1CC(c2cccc(-c3ccnc(N4CCCC4)c3)c2)=Nc2cc(OCC(F)(F)F)c(C(F)(F)F)cc2N1. The summed E-state index contributed by atoms with van der Waals surface area (Å²) in [5.74, 6) is -0.796. The number of rotatable bonds is 5. The fourth-order valence-corrected chi connectivity index (χ4v) is 4.56. The first-order valence-electron chi connectivity index (χ1n) is 12.1. The molecule has 1 N–H and O–H groups in total. The Morgan fingerprint density at radius 2 is 1.64 bits per heavy atom. The summed E-state index contributed by atoms with van der Waals surface area (Å²) in [5, 5.41) is 2.37. The van der Waals surface area contributed by atoms with Gasteiger partial charge in [0.05, 0.1) is 29.1 Å². The van der Waals surface area contributed by atoms with Crippen molar-refractivity contribution < 1.29 is 35.9 Å². The van der Waals surface area contributed by atoms with Gasteiger partial charge in [0.25, 0.3) is 0 Å². The molecule has 204 valence electrons. The van der Waals surface area contributed by atoms with Crippen molar-refractivity contribution in [2.24, 2.45) is 4.99 Å². The van der Waals surface area contributed by atoms with Crippen LogP contribution < -0.4 is 15.0 Å². The number of nitrogens with one attached hydrogen (secondary N) is 1. The van der Waals surface area contributed by atoms with Gasteiger partial charge in [-0.25, -0.2) is 9.98 Å². The Morgan fingerprint density at radius 3 is 2.36 bits per heavy atom. The van der Waals surface area contributed by atoms with Gasteiger partial charge in [-0.3, -0.25) is 4.79 Å². The molecule has 0 saturated carbocycles. The predicted octanol–water partition coefficient (Wildman–Crippen LogP) is 6.77. The first-order valence-corrected chi connectivity index (χ1v) is 12.1. The van der Waals surface area contributed by atoms with Crippen LogP contribution in [0.3, 0.4) is 0 Å². The number of nitrogens with zero attached hydrogens (tertiary/aromatic N) is 3. The van der Waals surface area contributed by atoms with Crippen LogP contribution in [0.5, 0.6) is 5.75 Å². The number of hydrogen-bond donors (Lipinski definition) is 1. The van der Waals surface area contributed by atoms with Crippen LogP contribution in [-0.4, -0.2) is 42.5 Å². The molecule has 2 aromatic carbocycles. The minimum Gasteiger partial charge on any atom is -0.483 e. The predicted molar refractivity (Wildman–Crippen MR) is 134 cm³/mol. The standard InChI is InChI=1S/C27H22F6N4O2/c28-26(29,30)15-39-23-13-22-21(12-19(23)27(31,32)33)36-25(38)14-20(35-22)18-5-3-4-16(10-18)17-6-7-34-24(11-17)37-8-1-2-9-37/h3-7,10-13H,1-2,8-9,14-15H2,(H,36,38). The Morgan fingerprint density at radius 1 is 0.923 bits per heavy atom. The lowest BCUT2D eigenvalue weighted by Crippen LogP contribution is -2.21. The van der Waals surface area contributed by atoms with Crippen LogP contribution in [0, 0.1) is 0 Å². The number of carbonyl (C=O) groups excluding carboxylic acids is 1. The van der Waals surface area contributed by atoms with E-state index in [4.69, 9.17) is 0 Å². The molecule has 1 aromatic heterocycles. The summed E-state index contributed by atoms with van der Waals surface area (Å²) in [6, 6.07) is 12.2. The second kappa shape index (κ2) is 10.2. The normalized spacial score (nSPS) is 15.9. The number of alkyl halides is 6. The number of aliphatic imine (C=N–C) groups is 1. The topological polar surface area (TPSA) is 66.8 Å². The molecule has 12 heteroatoms. The van der Waals surface area contributed by atoms with E-state index in [0.717, 1.165) is 48.9 Å². The molecule has 6 nitrogen and oxygen atoms in total. The second-order valence-corrected chi connectivity index (χ2v) is 9.23. The zero-order valence-corrected chi connectivity index (χ0v) is 20.4. The lowest BCUT2D eigenvalue weighted by Gasteiger charge is -2.17. The van der Waals surface area contributed by atoms with Crippen LogP contribution in [0.25, 0.3) is 11.1 Å². The van der Waals surface area contributed by atoms with Gasteiger partial charge in [-0.1, -0.05) is 18.2 Å².